The zero-order valence-electron chi connectivity index (χ0n) is 15.3. The molecule has 3 aromatic rings. The number of likely N-dealkylation sites (N-methyl/N-ethyl adjacent to an activating group) is 2. The average molecular weight is 405 g/mol. The minimum Gasteiger partial charge on any atom is -0.395 e. The highest BCUT2D eigenvalue weighted by molar-refractivity contribution is 7.18. The fourth-order valence-electron chi connectivity index (χ4n) is 3.49. The number of hydrogen-bond donors (Lipinski definition) is 1. The number of rotatable bonds is 4. The van der Waals surface area contributed by atoms with Gasteiger partial charge in [0.05, 0.1) is 17.7 Å². The number of nitrogens with zero attached hydrogens (tertiary/aromatic N) is 4. The number of hydrogen-bond acceptors (Lipinski definition) is 6. The quantitative estimate of drug-likeness (QED) is 0.724. The maximum Gasteiger partial charge on any atom is 0.268 e. The van der Waals surface area contributed by atoms with Gasteiger partial charge in [-0.05, 0) is 43.3 Å². The molecule has 0 spiro atoms. The second-order valence-corrected chi connectivity index (χ2v) is 8.37. The van der Waals surface area contributed by atoms with E-state index < -0.39 is 0 Å². The molecule has 2 aromatic heterocycles. The van der Waals surface area contributed by atoms with Gasteiger partial charge in [-0.15, -0.1) is 11.3 Å². The lowest BCUT2D eigenvalue weighted by Crippen LogP contribution is -2.32. The van der Waals surface area contributed by atoms with Crippen LogP contribution in [0, 0.1) is 0 Å². The van der Waals surface area contributed by atoms with Crippen LogP contribution in [0.4, 0.5) is 5.95 Å². The molecule has 1 N–H and O–H groups in total. The Hall–Kier alpha value is -1.93. The third-order valence-corrected chi connectivity index (χ3v) is 6.27. The molecule has 0 fully saturated rings. The molecule has 1 aliphatic heterocycles. The molecule has 1 aliphatic rings. The molecule has 0 aliphatic carbocycles. The van der Waals surface area contributed by atoms with Crippen LogP contribution in [0.3, 0.4) is 0 Å². The predicted octanol–water partition coefficient (Wildman–Crippen LogP) is 2.52. The van der Waals surface area contributed by atoms with E-state index in [9.17, 15) is 9.90 Å². The van der Waals surface area contributed by atoms with Crippen molar-refractivity contribution in [1.82, 2.24) is 14.5 Å². The summed E-state index contributed by atoms with van der Waals surface area (Å²) in [7, 11) is 3.92. The normalized spacial score (nSPS) is 14.5. The Kier molecular flexibility index (Phi) is 4.94. The van der Waals surface area contributed by atoms with Gasteiger partial charge in [-0.1, -0.05) is 11.6 Å². The van der Waals surface area contributed by atoms with Gasteiger partial charge in [-0.25, -0.2) is 9.55 Å². The van der Waals surface area contributed by atoms with Gasteiger partial charge in [-0.2, -0.15) is 0 Å². The summed E-state index contributed by atoms with van der Waals surface area (Å²) in [4.78, 5) is 24.4. The topological polar surface area (TPSA) is 61.6 Å². The number of thiophene rings is 1. The third kappa shape index (κ3) is 3.25. The molecule has 4 rings (SSSR count). The van der Waals surface area contributed by atoms with Crippen LogP contribution < -0.4 is 10.5 Å². The highest BCUT2D eigenvalue weighted by atomic mass is 35.5. The Bertz CT molecular complexity index is 1040. The zero-order chi connectivity index (χ0) is 19.1. The number of fused-ring (bicyclic) bond motifs is 3. The van der Waals surface area contributed by atoms with Crippen molar-refractivity contribution in [3.63, 3.8) is 0 Å². The number of aliphatic hydroxyl groups excluding tert-OH is 1. The number of halogens is 1. The molecule has 6 nitrogen and oxygen atoms in total. The minimum absolute atomic E-state index is 0.0171. The van der Waals surface area contributed by atoms with Crippen molar-refractivity contribution in [1.29, 1.82) is 0 Å². The van der Waals surface area contributed by atoms with Gasteiger partial charge in [0, 0.05) is 36.6 Å². The molecule has 0 atom stereocenters. The first-order chi connectivity index (χ1) is 13.0. The van der Waals surface area contributed by atoms with Gasteiger partial charge in [0.2, 0.25) is 5.95 Å². The van der Waals surface area contributed by atoms with Crippen LogP contribution in [0.2, 0.25) is 5.02 Å². The first kappa shape index (κ1) is 18.4. The summed E-state index contributed by atoms with van der Waals surface area (Å²) in [5.74, 6) is 0.524. The van der Waals surface area contributed by atoms with E-state index >= 15 is 0 Å². The lowest BCUT2D eigenvalue weighted by molar-refractivity contribution is 0.303. The van der Waals surface area contributed by atoms with E-state index in [2.05, 4.69) is 11.9 Å². The lowest BCUT2D eigenvalue weighted by Gasteiger charge is -2.23. The van der Waals surface area contributed by atoms with E-state index in [1.807, 2.05) is 19.2 Å². The second-order valence-electron chi connectivity index (χ2n) is 6.85. The van der Waals surface area contributed by atoms with Crippen molar-refractivity contribution >= 4 is 39.1 Å². The molecule has 142 valence electrons. The van der Waals surface area contributed by atoms with E-state index in [1.165, 1.54) is 4.88 Å². The fourth-order valence-corrected chi connectivity index (χ4v) is 4.90. The molecule has 0 bridgehead atoms. The standard InChI is InChI=1S/C19H21ClN4O2S/c1-22-8-7-14-15(11-22)27-17-16(14)18(26)24(13-5-3-12(20)4-6-13)19(21-17)23(2)9-10-25/h3-6,25H,7-11H2,1-2H3. The zero-order valence-corrected chi connectivity index (χ0v) is 16.8. The predicted molar refractivity (Wildman–Crippen MR) is 111 cm³/mol. The Balaban J connectivity index is 2.00. The van der Waals surface area contributed by atoms with E-state index in [4.69, 9.17) is 16.6 Å². The van der Waals surface area contributed by atoms with Crippen LogP contribution in [-0.4, -0.2) is 53.3 Å². The van der Waals surface area contributed by atoms with Gasteiger partial charge in [-0.3, -0.25) is 4.79 Å². The molecule has 0 saturated heterocycles. The first-order valence-corrected chi connectivity index (χ1v) is 10.0. The summed E-state index contributed by atoms with van der Waals surface area (Å²) in [5.41, 5.74) is 1.78. The summed E-state index contributed by atoms with van der Waals surface area (Å²) in [6, 6.07) is 7.17. The molecule has 3 heterocycles. The fraction of sp³-hybridized carbons (Fsp3) is 0.368. The van der Waals surface area contributed by atoms with Crippen LogP contribution in [0.25, 0.3) is 15.9 Å². The summed E-state index contributed by atoms with van der Waals surface area (Å²) >= 11 is 7.62. The SMILES string of the molecule is CN1CCc2c(sc3nc(N(C)CCO)n(-c4ccc(Cl)cc4)c(=O)c23)C1. The van der Waals surface area contributed by atoms with E-state index in [-0.39, 0.29) is 12.2 Å². The average Bonchev–Trinajstić information content (AvgIpc) is 3.00. The van der Waals surface area contributed by atoms with Gasteiger partial charge in [0.25, 0.3) is 5.56 Å². The molecule has 0 saturated carbocycles. The first-order valence-electron chi connectivity index (χ1n) is 8.83. The molecule has 0 radical (unpaired) electrons. The summed E-state index contributed by atoms with van der Waals surface area (Å²) in [6.07, 6.45) is 0.856. The molecular weight excluding hydrogens is 384 g/mol. The van der Waals surface area contributed by atoms with Crippen molar-refractivity contribution in [2.24, 2.45) is 0 Å². The Morgan fingerprint density at radius 1 is 1.33 bits per heavy atom. The molecule has 0 unspecified atom stereocenters. The number of benzene rings is 1. The molecule has 1 aromatic carbocycles. The summed E-state index contributed by atoms with van der Waals surface area (Å²) in [6.45, 7) is 2.15. The van der Waals surface area contributed by atoms with Crippen LogP contribution >= 0.6 is 22.9 Å². The Morgan fingerprint density at radius 3 is 2.78 bits per heavy atom. The van der Waals surface area contributed by atoms with E-state index in [1.54, 1.807) is 32.9 Å². The monoisotopic (exact) mass is 404 g/mol. The Labute approximate surface area is 166 Å². The lowest BCUT2D eigenvalue weighted by atomic mass is 10.1. The highest BCUT2D eigenvalue weighted by Gasteiger charge is 2.25. The number of anilines is 1. The Morgan fingerprint density at radius 2 is 2.07 bits per heavy atom. The van der Waals surface area contributed by atoms with Gasteiger partial charge >= 0.3 is 0 Å². The van der Waals surface area contributed by atoms with Crippen molar-refractivity contribution in [3.05, 3.63) is 50.1 Å². The van der Waals surface area contributed by atoms with Gasteiger partial charge in [0.1, 0.15) is 4.83 Å². The van der Waals surface area contributed by atoms with Crippen LogP contribution in [0.1, 0.15) is 10.4 Å². The largest absolute Gasteiger partial charge is 0.395 e. The molecule has 0 amide bonds. The van der Waals surface area contributed by atoms with Crippen LogP contribution in [0.5, 0.6) is 0 Å². The second kappa shape index (κ2) is 7.24. The minimum atomic E-state index is -0.0656. The number of aliphatic hydroxyl groups is 1. The van der Waals surface area contributed by atoms with Crippen molar-refractivity contribution < 1.29 is 5.11 Å². The molecular formula is C19H21ClN4O2S. The third-order valence-electron chi connectivity index (χ3n) is 4.91. The maximum absolute atomic E-state index is 13.6. The summed E-state index contributed by atoms with van der Waals surface area (Å²) < 4.78 is 1.62. The van der Waals surface area contributed by atoms with Crippen LogP contribution in [-0.2, 0) is 13.0 Å². The molecule has 8 heteroatoms. The van der Waals surface area contributed by atoms with Gasteiger partial charge in [0.15, 0.2) is 0 Å². The number of aromatic nitrogens is 2. The van der Waals surface area contributed by atoms with Crippen LogP contribution in [0.15, 0.2) is 29.1 Å². The maximum atomic E-state index is 13.6. The highest BCUT2D eigenvalue weighted by Crippen LogP contribution is 2.33. The van der Waals surface area contributed by atoms with Crippen molar-refractivity contribution in [2.45, 2.75) is 13.0 Å². The van der Waals surface area contributed by atoms with Crippen molar-refractivity contribution in [2.75, 3.05) is 38.7 Å². The summed E-state index contributed by atoms with van der Waals surface area (Å²) in [5, 5.41) is 10.7. The van der Waals surface area contributed by atoms with Gasteiger partial charge < -0.3 is 14.9 Å². The molecule has 27 heavy (non-hydrogen) atoms. The smallest absolute Gasteiger partial charge is 0.268 e. The van der Waals surface area contributed by atoms with Crippen molar-refractivity contribution in [3.8, 4) is 5.69 Å². The van der Waals surface area contributed by atoms with E-state index in [0.717, 1.165) is 35.3 Å². The van der Waals surface area contributed by atoms with E-state index in [0.29, 0.717) is 23.2 Å².